The van der Waals surface area contributed by atoms with E-state index in [1.807, 2.05) is 6.07 Å². The Balaban J connectivity index is 1.54. The highest BCUT2D eigenvalue weighted by molar-refractivity contribution is 7.92. The maximum atomic E-state index is 12.3. The molecule has 1 N–H and O–H groups in total. The fourth-order valence-corrected chi connectivity index (χ4v) is 4.81. The van der Waals surface area contributed by atoms with Gasteiger partial charge in [0.25, 0.3) is 5.91 Å². The summed E-state index contributed by atoms with van der Waals surface area (Å²) >= 11 is 0. The van der Waals surface area contributed by atoms with Crippen LogP contribution in [0.1, 0.15) is 54.4 Å². The fraction of sp³-hybridized carbons (Fsp3) is 0.611. The van der Waals surface area contributed by atoms with Crippen LogP contribution < -0.4 is 9.62 Å². The lowest BCUT2D eigenvalue weighted by atomic mass is 10.0. The summed E-state index contributed by atoms with van der Waals surface area (Å²) in [4.78, 5) is 12.3. The first-order valence-electron chi connectivity index (χ1n) is 8.84. The number of fused-ring (bicyclic) bond motifs is 1. The highest BCUT2D eigenvalue weighted by Crippen LogP contribution is 2.31. The third kappa shape index (κ3) is 3.91. The summed E-state index contributed by atoms with van der Waals surface area (Å²) in [5, 5.41) is 2.98. The summed E-state index contributed by atoms with van der Waals surface area (Å²) in [6.45, 7) is 1.17. The average molecular weight is 350 g/mol. The smallest absolute Gasteiger partial charge is 0.251 e. The van der Waals surface area contributed by atoms with Gasteiger partial charge >= 0.3 is 0 Å². The molecular formula is C18H26N2O3S. The molecule has 1 amide bonds. The molecule has 1 saturated carbocycles. The van der Waals surface area contributed by atoms with Crippen LogP contribution in [0.2, 0.25) is 0 Å². The molecular weight excluding hydrogens is 324 g/mol. The van der Waals surface area contributed by atoms with Gasteiger partial charge in [0.2, 0.25) is 10.0 Å². The number of hydrogen-bond acceptors (Lipinski definition) is 3. The highest BCUT2D eigenvalue weighted by Gasteiger charge is 2.26. The SMILES string of the molecule is CS(=O)(=O)N1CCc2cc(C(=O)NCCCC3CCCC3)ccc21. The summed E-state index contributed by atoms with van der Waals surface area (Å²) in [7, 11) is -3.24. The number of nitrogens with zero attached hydrogens (tertiary/aromatic N) is 1. The van der Waals surface area contributed by atoms with Crippen molar-refractivity contribution in [3.8, 4) is 0 Å². The zero-order valence-electron chi connectivity index (χ0n) is 14.3. The molecule has 5 nitrogen and oxygen atoms in total. The molecule has 24 heavy (non-hydrogen) atoms. The maximum Gasteiger partial charge on any atom is 0.251 e. The van der Waals surface area contributed by atoms with Crippen LogP contribution in [0.15, 0.2) is 18.2 Å². The molecule has 1 aliphatic carbocycles. The van der Waals surface area contributed by atoms with Crippen molar-refractivity contribution < 1.29 is 13.2 Å². The molecule has 0 aromatic heterocycles. The molecule has 2 aliphatic rings. The summed E-state index contributed by atoms with van der Waals surface area (Å²) in [5.41, 5.74) is 2.25. The Morgan fingerprint density at radius 2 is 2.04 bits per heavy atom. The fourth-order valence-electron chi connectivity index (χ4n) is 3.85. The van der Waals surface area contributed by atoms with Crippen molar-refractivity contribution in [2.75, 3.05) is 23.7 Å². The second kappa shape index (κ2) is 7.13. The topological polar surface area (TPSA) is 66.5 Å². The van der Waals surface area contributed by atoms with Gasteiger partial charge in [0.15, 0.2) is 0 Å². The van der Waals surface area contributed by atoms with E-state index < -0.39 is 10.0 Å². The lowest BCUT2D eigenvalue weighted by Crippen LogP contribution is -2.27. The Labute approximate surface area is 144 Å². The number of hydrogen-bond donors (Lipinski definition) is 1. The van der Waals surface area contributed by atoms with E-state index in [0.29, 0.717) is 30.8 Å². The minimum Gasteiger partial charge on any atom is -0.352 e. The molecule has 6 heteroatoms. The summed E-state index contributed by atoms with van der Waals surface area (Å²) in [5.74, 6) is 0.783. The van der Waals surface area contributed by atoms with Crippen LogP contribution in [0.3, 0.4) is 0 Å². The van der Waals surface area contributed by atoms with E-state index in [2.05, 4.69) is 5.32 Å². The van der Waals surface area contributed by atoms with Crippen LogP contribution in [-0.2, 0) is 16.4 Å². The predicted octanol–water partition coefficient (Wildman–Crippen LogP) is 2.71. The number of amides is 1. The number of rotatable bonds is 6. The third-order valence-electron chi connectivity index (χ3n) is 5.14. The third-order valence-corrected chi connectivity index (χ3v) is 6.32. The van der Waals surface area contributed by atoms with Crippen LogP contribution in [0.25, 0.3) is 0 Å². The molecule has 1 aliphatic heterocycles. The molecule has 0 saturated heterocycles. The highest BCUT2D eigenvalue weighted by atomic mass is 32.2. The van der Waals surface area contributed by atoms with Crippen molar-refractivity contribution in [2.24, 2.45) is 5.92 Å². The number of nitrogens with one attached hydrogen (secondary N) is 1. The van der Waals surface area contributed by atoms with Crippen molar-refractivity contribution in [1.82, 2.24) is 5.32 Å². The second-order valence-electron chi connectivity index (χ2n) is 6.98. The number of sulfonamides is 1. The van der Waals surface area contributed by atoms with Gasteiger partial charge in [-0.05, 0) is 48.9 Å². The van der Waals surface area contributed by atoms with Gasteiger partial charge in [-0.1, -0.05) is 25.7 Å². The van der Waals surface area contributed by atoms with Gasteiger partial charge in [0.05, 0.1) is 11.9 Å². The van der Waals surface area contributed by atoms with E-state index in [-0.39, 0.29) is 5.91 Å². The van der Waals surface area contributed by atoms with Gasteiger partial charge in [-0.2, -0.15) is 0 Å². The molecule has 1 fully saturated rings. The lowest BCUT2D eigenvalue weighted by molar-refractivity contribution is 0.0952. The average Bonchev–Trinajstić information content (AvgIpc) is 3.19. The Morgan fingerprint density at radius 3 is 2.75 bits per heavy atom. The van der Waals surface area contributed by atoms with E-state index in [9.17, 15) is 13.2 Å². The van der Waals surface area contributed by atoms with Gasteiger partial charge < -0.3 is 5.32 Å². The van der Waals surface area contributed by atoms with E-state index >= 15 is 0 Å². The predicted molar refractivity (Wildman–Crippen MR) is 95.9 cm³/mol. The van der Waals surface area contributed by atoms with Crippen molar-refractivity contribution >= 4 is 21.6 Å². The first-order chi connectivity index (χ1) is 11.4. The molecule has 0 unspecified atom stereocenters. The monoisotopic (exact) mass is 350 g/mol. The van der Waals surface area contributed by atoms with E-state index in [0.717, 1.165) is 17.9 Å². The maximum absolute atomic E-state index is 12.3. The quantitative estimate of drug-likeness (QED) is 0.802. The van der Waals surface area contributed by atoms with Gasteiger partial charge in [-0.3, -0.25) is 9.10 Å². The van der Waals surface area contributed by atoms with Gasteiger partial charge in [0, 0.05) is 18.7 Å². The Morgan fingerprint density at radius 1 is 1.29 bits per heavy atom. The van der Waals surface area contributed by atoms with Crippen molar-refractivity contribution in [3.05, 3.63) is 29.3 Å². The zero-order chi connectivity index (χ0) is 17.2. The van der Waals surface area contributed by atoms with Crippen molar-refractivity contribution in [1.29, 1.82) is 0 Å². The zero-order valence-corrected chi connectivity index (χ0v) is 15.1. The van der Waals surface area contributed by atoms with E-state index in [1.165, 1.54) is 42.7 Å². The Kier molecular flexibility index (Phi) is 5.13. The Hall–Kier alpha value is -1.56. The normalized spacial score (nSPS) is 18.0. The molecule has 3 rings (SSSR count). The molecule has 0 atom stereocenters. The minimum absolute atomic E-state index is 0.0676. The molecule has 0 bridgehead atoms. The van der Waals surface area contributed by atoms with Crippen LogP contribution in [0.4, 0.5) is 5.69 Å². The largest absolute Gasteiger partial charge is 0.352 e. The minimum atomic E-state index is -3.24. The molecule has 0 radical (unpaired) electrons. The van der Waals surface area contributed by atoms with Crippen molar-refractivity contribution in [3.63, 3.8) is 0 Å². The lowest BCUT2D eigenvalue weighted by Gasteiger charge is -2.16. The summed E-state index contributed by atoms with van der Waals surface area (Å²) < 4.78 is 24.9. The first-order valence-corrected chi connectivity index (χ1v) is 10.7. The summed E-state index contributed by atoms with van der Waals surface area (Å²) in [6, 6.07) is 5.29. The van der Waals surface area contributed by atoms with Gasteiger partial charge in [-0.25, -0.2) is 8.42 Å². The molecule has 1 heterocycles. The number of carbonyl (C=O) groups is 1. The van der Waals surface area contributed by atoms with Crippen LogP contribution in [0, 0.1) is 5.92 Å². The number of benzene rings is 1. The first kappa shape index (κ1) is 17.3. The number of carbonyl (C=O) groups excluding carboxylic acids is 1. The molecule has 0 spiro atoms. The van der Waals surface area contributed by atoms with Crippen molar-refractivity contribution in [2.45, 2.75) is 44.9 Å². The van der Waals surface area contributed by atoms with Crippen LogP contribution in [-0.4, -0.2) is 33.7 Å². The molecule has 1 aromatic rings. The number of anilines is 1. The van der Waals surface area contributed by atoms with Gasteiger partial charge in [0.1, 0.15) is 0 Å². The Bertz CT molecular complexity index is 709. The standard InChI is InChI=1S/C18H26N2O3S/c1-24(22,23)20-12-10-15-13-16(8-9-17(15)20)18(21)19-11-4-7-14-5-2-3-6-14/h8-9,13-14H,2-7,10-12H2,1H3,(H,19,21). The van der Waals surface area contributed by atoms with Crippen LogP contribution in [0.5, 0.6) is 0 Å². The van der Waals surface area contributed by atoms with E-state index in [4.69, 9.17) is 0 Å². The second-order valence-corrected chi connectivity index (χ2v) is 8.88. The summed E-state index contributed by atoms with van der Waals surface area (Å²) in [6.07, 6.45) is 9.51. The van der Waals surface area contributed by atoms with E-state index in [1.54, 1.807) is 12.1 Å². The molecule has 132 valence electrons. The van der Waals surface area contributed by atoms with Gasteiger partial charge in [-0.15, -0.1) is 0 Å². The molecule has 1 aromatic carbocycles. The van der Waals surface area contributed by atoms with Crippen LogP contribution >= 0.6 is 0 Å².